The van der Waals surface area contributed by atoms with Crippen LogP contribution in [0.2, 0.25) is 0 Å². The van der Waals surface area contributed by atoms with Gasteiger partial charge in [0.25, 0.3) is 0 Å². The van der Waals surface area contributed by atoms with Gasteiger partial charge in [0.1, 0.15) is 5.82 Å². The highest BCUT2D eigenvalue weighted by molar-refractivity contribution is 5.85. The average Bonchev–Trinajstić information content (AvgIpc) is 2.99. The molecule has 1 atom stereocenters. The maximum Gasteiger partial charge on any atom is 0.230 e. The quantitative estimate of drug-likeness (QED) is 0.485. The smallest absolute Gasteiger partial charge is 0.230 e. The number of nitrogens with zero attached hydrogens (tertiary/aromatic N) is 1. The van der Waals surface area contributed by atoms with E-state index in [4.69, 9.17) is 10.0 Å². The average molecular weight is 384 g/mol. The summed E-state index contributed by atoms with van der Waals surface area (Å²) in [5, 5.41) is 7.26. The maximum absolute atomic E-state index is 13.1. The number of nitrogens with one attached hydrogen (secondary N) is 1. The Hall–Kier alpha value is -2.73. The minimum Gasteiger partial charge on any atom is -0.338 e. The second-order valence-corrected chi connectivity index (χ2v) is 7.58. The zero-order valence-electron chi connectivity index (χ0n) is 16.0. The van der Waals surface area contributed by atoms with Crippen molar-refractivity contribution < 1.29 is 19.2 Å². The Morgan fingerprint density at radius 1 is 1.18 bits per heavy atom. The molecule has 4 rings (SSSR count). The molecule has 1 aliphatic heterocycles. The van der Waals surface area contributed by atoms with Crippen LogP contribution in [-0.4, -0.2) is 29.0 Å². The summed E-state index contributed by atoms with van der Waals surface area (Å²) in [6.07, 6.45) is 3.91. The molecule has 2 aromatic rings. The summed E-state index contributed by atoms with van der Waals surface area (Å²) in [6.45, 7) is 3.50. The maximum atomic E-state index is 13.1. The predicted octanol–water partition coefficient (Wildman–Crippen LogP) is 3.16. The van der Waals surface area contributed by atoms with Gasteiger partial charge in [-0.25, -0.2) is 9.87 Å². The minimum absolute atomic E-state index is 0.181. The molecule has 148 valence electrons. The molecule has 1 spiro atoms. The number of likely N-dealkylation sites (tertiary alicyclic amines) is 1. The molecule has 1 unspecified atom stereocenters. The summed E-state index contributed by atoms with van der Waals surface area (Å²) >= 11 is 0. The third-order valence-electron chi connectivity index (χ3n) is 5.70. The summed E-state index contributed by atoms with van der Waals surface area (Å²) in [5.74, 6) is 0.0428. The first-order valence-corrected chi connectivity index (χ1v) is 9.43. The first-order valence-electron chi connectivity index (χ1n) is 9.43. The number of carbonyl (C=O) groups excluding carboxylic acids is 2. The van der Waals surface area contributed by atoms with E-state index in [0.29, 0.717) is 6.54 Å². The van der Waals surface area contributed by atoms with Gasteiger partial charge in [-0.3, -0.25) is 14.8 Å². The summed E-state index contributed by atoms with van der Waals surface area (Å²) in [6, 6.07) is 13.1. The zero-order valence-corrected chi connectivity index (χ0v) is 16.0. The molecule has 1 fully saturated rings. The highest BCUT2D eigenvalue weighted by Gasteiger charge is 2.47. The van der Waals surface area contributed by atoms with E-state index in [1.165, 1.54) is 34.3 Å². The molecular formula is C22H25FN2O3. The van der Waals surface area contributed by atoms with E-state index in [1.54, 1.807) is 12.1 Å². The molecule has 1 heterocycles. The minimum atomic E-state index is -0.234. The van der Waals surface area contributed by atoms with Crippen LogP contribution in [0, 0.1) is 18.2 Å². The van der Waals surface area contributed by atoms with E-state index in [1.807, 2.05) is 4.90 Å². The van der Waals surface area contributed by atoms with Crippen molar-refractivity contribution in [2.45, 2.75) is 39.2 Å². The van der Waals surface area contributed by atoms with E-state index < -0.39 is 0 Å². The third kappa shape index (κ3) is 4.22. The van der Waals surface area contributed by atoms with Crippen LogP contribution in [0.25, 0.3) is 0 Å². The zero-order chi connectivity index (χ0) is 20.1. The molecule has 0 radical (unpaired) electrons. The van der Waals surface area contributed by atoms with Gasteiger partial charge in [0.15, 0.2) is 0 Å². The molecular weight excluding hydrogens is 359 g/mol. The van der Waals surface area contributed by atoms with Crippen molar-refractivity contribution in [3.63, 3.8) is 0 Å². The van der Waals surface area contributed by atoms with Crippen LogP contribution in [0.3, 0.4) is 0 Å². The molecule has 6 heteroatoms. The normalized spacial score (nSPS) is 20.4. The Morgan fingerprint density at radius 3 is 2.57 bits per heavy atom. The van der Waals surface area contributed by atoms with Gasteiger partial charge < -0.3 is 4.90 Å². The lowest BCUT2D eigenvalue weighted by atomic mass is 9.70. The first kappa shape index (κ1) is 20.0. The van der Waals surface area contributed by atoms with Crippen LogP contribution in [0.15, 0.2) is 42.5 Å². The second kappa shape index (κ2) is 8.52. The molecule has 5 nitrogen and oxygen atoms in total. The topological polar surface area (TPSA) is 69.6 Å². The highest BCUT2D eigenvalue weighted by Crippen LogP contribution is 2.44. The molecule has 28 heavy (non-hydrogen) atoms. The van der Waals surface area contributed by atoms with E-state index in [9.17, 15) is 9.18 Å². The Kier molecular flexibility index (Phi) is 6.09. The molecule has 0 saturated carbocycles. The van der Waals surface area contributed by atoms with Crippen LogP contribution in [0.4, 0.5) is 4.39 Å². The van der Waals surface area contributed by atoms with E-state index >= 15 is 0 Å². The van der Waals surface area contributed by atoms with Gasteiger partial charge in [-0.2, -0.15) is 0 Å². The number of hydroxylamine groups is 1. The monoisotopic (exact) mass is 384 g/mol. The van der Waals surface area contributed by atoms with Crippen molar-refractivity contribution >= 4 is 12.3 Å². The SMILES string of the molecule is Cc1ccc2c(c1)CC1(CC2)CCN(Cc2ccc(F)cc2)C1=O.O=CNO. The van der Waals surface area contributed by atoms with Gasteiger partial charge in [0, 0.05) is 13.1 Å². The summed E-state index contributed by atoms with van der Waals surface area (Å²) in [7, 11) is 0. The largest absolute Gasteiger partial charge is 0.338 e. The fourth-order valence-corrected chi connectivity index (χ4v) is 4.24. The van der Waals surface area contributed by atoms with Crippen molar-refractivity contribution in [3.05, 3.63) is 70.5 Å². The van der Waals surface area contributed by atoms with Gasteiger partial charge in [0.2, 0.25) is 12.3 Å². The van der Waals surface area contributed by atoms with Crippen LogP contribution >= 0.6 is 0 Å². The standard InChI is InChI=1S/C21H22FNO.CH3NO2/c1-15-2-5-17-8-9-21(13-18(17)12-15)10-11-23(20(21)24)14-16-3-6-19(22)7-4-16;3-1-2-4/h2-7,12H,8-11,13-14H2,1H3;1,4H,(H,2,3). The molecule has 2 amide bonds. The molecule has 2 aliphatic rings. The van der Waals surface area contributed by atoms with Crippen molar-refractivity contribution in [2.24, 2.45) is 5.41 Å². The van der Waals surface area contributed by atoms with Gasteiger partial charge in [0.05, 0.1) is 5.41 Å². The Bertz CT molecular complexity index is 853. The Balaban J connectivity index is 0.000000516. The number of carbonyl (C=O) groups is 2. The number of benzene rings is 2. The molecule has 1 saturated heterocycles. The number of halogens is 1. The lowest BCUT2D eigenvalue weighted by Crippen LogP contribution is -2.38. The van der Waals surface area contributed by atoms with Crippen LogP contribution in [0.5, 0.6) is 0 Å². The summed E-state index contributed by atoms with van der Waals surface area (Å²) in [5.41, 5.74) is 6.03. The van der Waals surface area contributed by atoms with E-state index in [2.05, 4.69) is 25.1 Å². The lowest BCUT2D eigenvalue weighted by Gasteiger charge is -2.33. The number of hydrogen-bond acceptors (Lipinski definition) is 3. The van der Waals surface area contributed by atoms with Crippen LogP contribution < -0.4 is 5.48 Å². The predicted molar refractivity (Wildman–Crippen MR) is 103 cm³/mol. The lowest BCUT2D eigenvalue weighted by molar-refractivity contribution is -0.137. The molecule has 2 aromatic carbocycles. The molecule has 0 aromatic heterocycles. The first-order chi connectivity index (χ1) is 13.5. The third-order valence-corrected chi connectivity index (χ3v) is 5.70. The molecule has 0 bridgehead atoms. The van der Waals surface area contributed by atoms with Crippen LogP contribution in [0.1, 0.15) is 35.1 Å². The van der Waals surface area contributed by atoms with Crippen molar-refractivity contribution in [3.8, 4) is 0 Å². The summed E-state index contributed by atoms with van der Waals surface area (Å²) in [4.78, 5) is 23.9. The van der Waals surface area contributed by atoms with Crippen molar-refractivity contribution in [1.82, 2.24) is 10.4 Å². The number of amides is 2. The fourth-order valence-electron chi connectivity index (χ4n) is 4.24. The molecule has 2 N–H and O–H groups in total. The van der Waals surface area contributed by atoms with E-state index in [0.717, 1.165) is 37.8 Å². The Morgan fingerprint density at radius 2 is 1.89 bits per heavy atom. The van der Waals surface area contributed by atoms with Gasteiger partial charge in [-0.1, -0.05) is 35.9 Å². The van der Waals surface area contributed by atoms with Gasteiger partial charge in [-0.15, -0.1) is 0 Å². The Labute approximate surface area is 164 Å². The fraction of sp³-hybridized carbons (Fsp3) is 0.364. The number of rotatable bonds is 3. The summed E-state index contributed by atoms with van der Waals surface area (Å²) < 4.78 is 13.1. The van der Waals surface area contributed by atoms with Gasteiger partial charge in [-0.05, 0) is 61.4 Å². The van der Waals surface area contributed by atoms with E-state index in [-0.39, 0.29) is 23.5 Å². The number of fused-ring (bicyclic) bond motifs is 1. The molecule has 1 aliphatic carbocycles. The van der Waals surface area contributed by atoms with Crippen molar-refractivity contribution in [1.29, 1.82) is 0 Å². The van der Waals surface area contributed by atoms with Gasteiger partial charge >= 0.3 is 0 Å². The number of aryl methyl sites for hydroxylation is 2. The highest BCUT2D eigenvalue weighted by atomic mass is 19.1. The number of hydrogen-bond donors (Lipinski definition) is 2. The van der Waals surface area contributed by atoms with Crippen LogP contribution in [-0.2, 0) is 29.0 Å². The van der Waals surface area contributed by atoms with Crippen molar-refractivity contribution in [2.75, 3.05) is 6.54 Å². The second-order valence-electron chi connectivity index (χ2n) is 7.58.